The van der Waals surface area contributed by atoms with Crippen molar-refractivity contribution in [1.29, 1.82) is 0 Å². The van der Waals surface area contributed by atoms with Gasteiger partial charge in [0.15, 0.2) is 5.65 Å². The van der Waals surface area contributed by atoms with E-state index in [2.05, 4.69) is 10.1 Å². The number of pyridine rings is 1. The van der Waals surface area contributed by atoms with Gasteiger partial charge in [0.05, 0.1) is 34.5 Å². The molecule has 0 aliphatic rings. The number of amides is 1. The first-order valence-corrected chi connectivity index (χ1v) is 8.87. The first-order valence-electron chi connectivity index (χ1n) is 8.49. The quantitative estimate of drug-likeness (QED) is 0.682. The van der Waals surface area contributed by atoms with Crippen molar-refractivity contribution in [3.8, 4) is 11.4 Å². The molecule has 1 aromatic carbocycles. The first-order chi connectivity index (χ1) is 12.5. The van der Waals surface area contributed by atoms with Crippen molar-refractivity contribution in [3.05, 3.63) is 46.7 Å². The molecular formula is C19H21ClN4O2. The predicted molar refractivity (Wildman–Crippen MR) is 102 cm³/mol. The zero-order valence-corrected chi connectivity index (χ0v) is 16.0. The van der Waals surface area contributed by atoms with Crippen molar-refractivity contribution in [2.75, 3.05) is 20.2 Å². The third kappa shape index (κ3) is 3.01. The van der Waals surface area contributed by atoms with Crippen LogP contribution >= 0.6 is 11.6 Å². The van der Waals surface area contributed by atoms with Gasteiger partial charge in [-0.2, -0.15) is 5.10 Å². The lowest BCUT2D eigenvalue weighted by Gasteiger charge is -2.19. The number of nitrogens with zero attached hydrogens (tertiary/aromatic N) is 4. The summed E-state index contributed by atoms with van der Waals surface area (Å²) in [7, 11) is 1.62. The molecule has 26 heavy (non-hydrogen) atoms. The highest BCUT2D eigenvalue weighted by atomic mass is 35.5. The normalized spacial score (nSPS) is 11.0. The molecule has 0 bridgehead atoms. The molecule has 2 aromatic heterocycles. The molecule has 6 nitrogen and oxygen atoms in total. The van der Waals surface area contributed by atoms with Crippen molar-refractivity contribution in [1.82, 2.24) is 19.7 Å². The largest absolute Gasteiger partial charge is 0.497 e. The smallest absolute Gasteiger partial charge is 0.256 e. The predicted octanol–water partition coefficient (Wildman–Crippen LogP) is 3.87. The average Bonchev–Trinajstić information content (AvgIpc) is 3.00. The van der Waals surface area contributed by atoms with Gasteiger partial charge in [-0.05, 0) is 32.9 Å². The van der Waals surface area contributed by atoms with Crippen molar-refractivity contribution >= 4 is 28.5 Å². The molecule has 0 unspecified atom stereocenters. The van der Waals surface area contributed by atoms with Crippen molar-refractivity contribution in [2.24, 2.45) is 0 Å². The van der Waals surface area contributed by atoms with Crippen LogP contribution < -0.4 is 4.74 Å². The molecule has 0 aliphatic carbocycles. The number of benzene rings is 1. The van der Waals surface area contributed by atoms with Gasteiger partial charge in [0.1, 0.15) is 5.75 Å². The summed E-state index contributed by atoms with van der Waals surface area (Å²) in [6.45, 7) is 6.97. The maximum absolute atomic E-state index is 12.7. The highest BCUT2D eigenvalue weighted by molar-refractivity contribution is 6.38. The van der Waals surface area contributed by atoms with Crippen molar-refractivity contribution in [2.45, 2.75) is 20.8 Å². The van der Waals surface area contributed by atoms with E-state index >= 15 is 0 Å². The molecule has 3 rings (SSSR count). The fourth-order valence-electron chi connectivity index (χ4n) is 2.96. The van der Waals surface area contributed by atoms with Gasteiger partial charge in [0.2, 0.25) is 0 Å². The lowest BCUT2D eigenvalue weighted by Crippen LogP contribution is -2.30. The van der Waals surface area contributed by atoms with E-state index in [4.69, 9.17) is 16.3 Å². The van der Waals surface area contributed by atoms with Crippen LogP contribution in [0.3, 0.4) is 0 Å². The third-order valence-electron chi connectivity index (χ3n) is 4.39. The van der Waals surface area contributed by atoms with Gasteiger partial charge >= 0.3 is 0 Å². The maximum Gasteiger partial charge on any atom is 0.256 e. The van der Waals surface area contributed by atoms with Gasteiger partial charge in [-0.15, -0.1) is 0 Å². The summed E-state index contributed by atoms with van der Waals surface area (Å²) in [5, 5.41) is 5.65. The van der Waals surface area contributed by atoms with Crippen molar-refractivity contribution < 1.29 is 9.53 Å². The lowest BCUT2D eigenvalue weighted by atomic mass is 10.2. The number of carbonyl (C=O) groups excluding carboxylic acids is 1. The van der Waals surface area contributed by atoms with E-state index in [1.54, 1.807) is 16.7 Å². The maximum atomic E-state index is 12.7. The summed E-state index contributed by atoms with van der Waals surface area (Å²) >= 11 is 6.59. The topological polar surface area (TPSA) is 60.2 Å². The molecule has 0 saturated carbocycles. The molecule has 136 valence electrons. The SMILES string of the molecule is CCN(CC)C(=O)c1cnc2c(c(C)nn2-c2cccc(OC)c2)c1Cl. The van der Waals surface area contributed by atoms with E-state index in [0.29, 0.717) is 34.7 Å². The van der Waals surface area contributed by atoms with Gasteiger partial charge < -0.3 is 9.64 Å². The molecule has 1 amide bonds. The molecule has 0 radical (unpaired) electrons. The molecule has 3 aromatic rings. The minimum Gasteiger partial charge on any atom is -0.497 e. The monoisotopic (exact) mass is 372 g/mol. The van der Waals surface area contributed by atoms with Crippen LogP contribution in [0.2, 0.25) is 5.02 Å². The van der Waals surface area contributed by atoms with Crippen LogP contribution in [0.15, 0.2) is 30.5 Å². The Bertz CT molecular complexity index is 964. The Hall–Kier alpha value is -2.60. The summed E-state index contributed by atoms with van der Waals surface area (Å²) in [4.78, 5) is 18.9. The Morgan fingerprint density at radius 2 is 2.04 bits per heavy atom. The first kappa shape index (κ1) is 18.2. The number of hydrogen-bond donors (Lipinski definition) is 0. The Kier molecular flexibility index (Phi) is 5.13. The van der Waals surface area contributed by atoms with E-state index in [0.717, 1.165) is 17.1 Å². The second-order valence-corrected chi connectivity index (χ2v) is 6.24. The number of methoxy groups -OCH3 is 1. The van der Waals surface area contributed by atoms with Gasteiger partial charge in [-0.3, -0.25) is 4.79 Å². The highest BCUT2D eigenvalue weighted by Gasteiger charge is 2.22. The second-order valence-electron chi connectivity index (χ2n) is 5.86. The Morgan fingerprint density at radius 3 is 2.69 bits per heavy atom. The van der Waals surface area contributed by atoms with E-state index < -0.39 is 0 Å². The Morgan fingerprint density at radius 1 is 1.31 bits per heavy atom. The van der Waals surface area contributed by atoms with Gasteiger partial charge in [-0.25, -0.2) is 9.67 Å². The van der Waals surface area contributed by atoms with E-state index in [-0.39, 0.29) is 5.91 Å². The fraction of sp³-hybridized carbons (Fsp3) is 0.316. The van der Waals surface area contributed by atoms with Crippen LogP contribution in [0, 0.1) is 6.92 Å². The van der Waals surface area contributed by atoms with Crippen LogP contribution in [0.25, 0.3) is 16.7 Å². The van der Waals surface area contributed by atoms with Gasteiger partial charge in [0, 0.05) is 25.4 Å². The summed E-state index contributed by atoms with van der Waals surface area (Å²) in [5.74, 6) is 0.603. The molecular weight excluding hydrogens is 352 g/mol. The number of fused-ring (bicyclic) bond motifs is 1. The van der Waals surface area contributed by atoms with E-state index in [9.17, 15) is 4.79 Å². The van der Waals surface area contributed by atoms with Crippen LogP contribution in [-0.2, 0) is 0 Å². The van der Waals surface area contributed by atoms with Crippen molar-refractivity contribution in [3.63, 3.8) is 0 Å². The summed E-state index contributed by atoms with van der Waals surface area (Å²) in [5.41, 5.74) is 2.54. The number of ether oxygens (including phenoxy) is 1. The zero-order chi connectivity index (χ0) is 18.8. The summed E-state index contributed by atoms with van der Waals surface area (Å²) in [6.07, 6.45) is 1.53. The van der Waals surface area contributed by atoms with E-state index in [1.165, 1.54) is 6.20 Å². The number of rotatable bonds is 5. The molecule has 7 heteroatoms. The number of halogens is 1. The molecule has 0 N–H and O–H groups in total. The standard InChI is InChI=1S/C19H21ClN4O2/c1-5-23(6-2)19(25)15-11-21-18-16(17(15)20)12(3)22-24(18)13-8-7-9-14(10-13)26-4/h7-11H,5-6H2,1-4H3. The molecule has 2 heterocycles. The Balaban J connectivity index is 2.16. The molecule has 0 atom stereocenters. The van der Waals surface area contributed by atoms with Gasteiger partial charge in [0.25, 0.3) is 5.91 Å². The van der Waals surface area contributed by atoms with Crippen LogP contribution in [0.1, 0.15) is 29.9 Å². The zero-order valence-electron chi connectivity index (χ0n) is 15.3. The number of carbonyl (C=O) groups is 1. The summed E-state index contributed by atoms with van der Waals surface area (Å²) in [6, 6.07) is 7.54. The minimum atomic E-state index is -0.122. The number of aromatic nitrogens is 3. The van der Waals surface area contributed by atoms with Crippen LogP contribution in [-0.4, -0.2) is 45.8 Å². The van der Waals surface area contributed by atoms with Gasteiger partial charge in [-0.1, -0.05) is 17.7 Å². The van der Waals surface area contributed by atoms with E-state index in [1.807, 2.05) is 45.0 Å². The molecule has 0 spiro atoms. The second kappa shape index (κ2) is 7.33. The number of hydrogen-bond acceptors (Lipinski definition) is 4. The van der Waals surface area contributed by atoms with Crippen LogP contribution in [0.4, 0.5) is 0 Å². The molecule has 0 saturated heterocycles. The summed E-state index contributed by atoms with van der Waals surface area (Å²) < 4.78 is 7.00. The fourth-order valence-corrected chi connectivity index (χ4v) is 3.31. The lowest BCUT2D eigenvalue weighted by molar-refractivity contribution is 0.0773. The highest BCUT2D eigenvalue weighted by Crippen LogP contribution is 2.31. The minimum absolute atomic E-state index is 0.122. The average molecular weight is 373 g/mol. The Labute approximate surface area is 157 Å². The third-order valence-corrected chi connectivity index (χ3v) is 4.78. The molecule has 0 aliphatic heterocycles. The van der Waals surface area contributed by atoms with Crippen LogP contribution in [0.5, 0.6) is 5.75 Å². The molecule has 0 fully saturated rings. The number of aryl methyl sites for hydroxylation is 1.